The van der Waals surface area contributed by atoms with Crippen molar-refractivity contribution in [1.29, 1.82) is 0 Å². The van der Waals surface area contributed by atoms with Gasteiger partial charge in [0.15, 0.2) is 11.3 Å². The van der Waals surface area contributed by atoms with Crippen LogP contribution in [0, 0.1) is 0 Å². The molecule has 148 valence electrons. The molecular weight excluding hydrogens is 378 g/mol. The van der Waals surface area contributed by atoms with Crippen molar-refractivity contribution in [3.63, 3.8) is 0 Å². The molecule has 0 unspecified atom stereocenters. The van der Waals surface area contributed by atoms with E-state index in [0.717, 1.165) is 11.3 Å². The maximum Gasteiger partial charge on any atom is 0.240 e. The molecule has 0 spiro atoms. The van der Waals surface area contributed by atoms with Gasteiger partial charge in [-0.2, -0.15) is 0 Å². The van der Waals surface area contributed by atoms with Crippen LogP contribution in [-0.2, 0) is 10.0 Å². The summed E-state index contributed by atoms with van der Waals surface area (Å²) in [5.41, 5.74) is 6.31. The molecule has 0 saturated heterocycles. The molecule has 0 atom stereocenters. The standard InChI is InChI=1S/C18H23N7O2S/c1-13(14-11-22-24(4)12-14)25-10-9-21-17(18(25)19-2)23-15-5-7-16(8-6-15)28(26,27)20-3/h5-10,12,20,22H,1,11H2,2-4H3,(H,21,23). The minimum absolute atomic E-state index is 0.190. The van der Waals surface area contributed by atoms with Crippen molar-refractivity contribution < 1.29 is 8.42 Å². The molecule has 0 bridgehead atoms. The number of sulfonamides is 1. The van der Waals surface area contributed by atoms with Crippen LogP contribution in [0.2, 0.25) is 0 Å². The summed E-state index contributed by atoms with van der Waals surface area (Å²) in [6.45, 7) is 4.86. The number of benzene rings is 1. The summed E-state index contributed by atoms with van der Waals surface area (Å²) in [6.07, 6.45) is 5.44. The third-order valence-corrected chi connectivity index (χ3v) is 5.73. The third kappa shape index (κ3) is 3.98. The van der Waals surface area contributed by atoms with E-state index in [1.807, 2.05) is 22.8 Å². The average Bonchev–Trinajstić information content (AvgIpc) is 3.14. The lowest BCUT2D eigenvalue weighted by Crippen LogP contribution is -2.26. The molecule has 1 aromatic heterocycles. The van der Waals surface area contributed by atoms with Crippen LogP contribution in [0.4, 0.5) is 11.5 Å². The Morgan fingerprint density at radius 2 is 2.04 bits per heavy atom. The molecule has 0 aliphatic carbocycles. The summed E-state index contributed by atoms with van der Waals surface area (Å²) in [5.74, 6) is 0.537. The van der Waals surface area contributed by atoms with Crippen LogP contribution in [0.25, 0.3) is 5.70 Å². The second kappa shape index (κ2) is 7.97. The second-order valence-corrected chi connectivity index (χ2v) is 7.98. The molecule has 0 amide bonds. The molecule has 1 aliphatic heterocycles. The Bertz CT molecular complexity index is 1090. The molecule has 2 heterocycles. The third-order valence-electron chi connectivity index (χ3n) is 4.30. The van der Waals surface area contributed by atoms with E-state index in [9.17, 15) is 8.42 Å². The van der Waals surface area contributed by atoms with Gasteiger partial charge in [-0.05, 0) is 31.3 Å². The van der Waals surface area contributed by atoms with Crippen LogP contribution in [0.15, 0.2) is 64.9 Å². The Hall–Kier alpha value is -2.95. The van der Waals surface area contributed by atoms with Crippen molar-refractivity contribution in [2.24, 2.45) is 4.99 Å². The number of nitrogens with zero attached hydrogens (tertiary/aromatic N) is 4. The van der Waals surface area contributed by atoms with E-state index < -0.39 is 10.0 Å². The normalized spacial score (nSPS) is 14.9. The summed E-state index contributed by atoms with van der Waals surface area (Å²) >= 11 is 0. The summed E-state index contributed by atoms with van der Waals surface area (Å²) in [6, 6.07) is 6.40. The van der Waals surface area contributed by atoms with E-state index in [1.54, 1.807) is 31.6 Å². The summed E-state index contributed by atoms with van der Waals surface area (Å²) < 4.78 is 27.9. The lowest BCUT2D eigenvalue weighted by molar-refractivity contribution is 0.374. The maximum absolute atomic E-state index is 11.9. The zero-order valence-corrected chi connectivity index (χ0v) is 16.8. The van der Waals surface area contributed by atoms with Crippen molar-refractivity contribution in [1.82, 2.24) is 24.7 Å². The minimum atomic E-state index is -3.48. The van der Waals surface area contributed by atoms with Crippen LogP contribution >= 0.6 is 0 Å². The molecule has 0 saturated carbocycles. The monoisotopic (exact) mass is 401 g/mol. The number of nitrogens with one attached hydrogen (secondary N) is 3. The second-order valence-electron chi connectivity index (χ2n) is 6.10. The number of rotatable bonds is 6. The Morgan fingerprint density at radius 3 is 2.61 bits per heavy atom. The highest BCUT2D eigenvalue weighted by Gasteiger charge is 2.15. The predicted molar refractivity (Wildman–Crippen MR) is 109 cm³/mol. The number of hydrogen-bond acceptors (Lipinski definition) is 7. The fourth-order valence-electron chi connectivity index (χ4n) is 2.77. The fourth-order valence-corrected chi connectivity index (χ4v) is 3.50. The molecular formula is C18H23N7O2S. The van der Waals surface area contributed by atoms with E-state index in [-0.39, 0.29) is 4.90 Å². The van der Waals surface area contributed by atoms with Crippen molar-refractivity contribution in [2.45, 2.75) is 4.90 Å². The van der Waals surface area contributed by atoms with E-state index in [4.69, 9.17) is 0 Å². The number of aromatic nitrogens is 2. The first-order chi connectivity index (χ1) is 13.4. The van der Waals surface area contributed by atoms with Gasteiger partial charge in [-0.25, -0.2) is 23.5 Å². The molecule has 10 heteroatoms. The van der Waals surface area contributed by atoms with Gasteiger partial charge in [0, 0.05) is 56.2 Å². The largest absolute Gasteiger partial charge is 0.337 e. The van der Waals surface area contributed by atoms with Crippen LogP contribution in [0.1, 0.15) is 0 Å². The summed E-state index contributed by atoms with van der Waals surface area (Å²) in [7, 11) is 1.51. The smallest absolute Gasteiger partial charge is 0.240 e. The molecule has 3 rings (SSSR count). The van der Waals surface area contributed by atoms with Gasteiger partial charge in [0.1, 0.15) is 0 Å². The number of hydrazine groups is 1. The highest BCUT2D eigenvalue weighted by molar-refractivity contribution is 7.89. The van der Waals surface area contributed by atoms with Gasteiger partial charge in [-0.1, -0.05) is 6.58 Å². The highest BCUT2D eigenvalue weighted by atomic mass is 32.2. The van der Waals surface area contributed by atoms with Gasteiger partial charge in [-0.3, -0.25) is 9.56 Å². The van der Waals surface area contributed by atoms with Crippen molar-refractivity contribution >= 4 is 27.2 Å². The lowest BCUT2D eigenvalue weighted by atomic mass is 10.2. The Morgan fingerprint density at radius 1 is 1.32 bits per heavy atom. The predicted octanol–water partition coefficient (Wildman–Crippen LogP) is 0.870. The van der Waals surface area contributed by atoms with E-state index in [1.165, 1.54) is 19.2 Å². The van der Waals surface area contributed by atoms with Crippen LogP contribution in [-0.4, -0.2) is 50.7 Å². The molecule has 9 nitrogen and oxygen atoms in total. The highest BCUT2D eigenvalue weighted by Crippen LogP contribution is 2.18. The molecule has 3 N–H and O–H groups in total. The fraction of sp³-hybridized carbons (Fsp3) is 0.222. The maximum atomic E-state index is 11.9. The van der Waals surface area contributed by atoms with Gasteiger partial charge in [0.25, 0.3) is 0 Å². The Kier molecular flexibility index (Phi) is 5.63. The van der Waals surface area contributed by atoms with Crippen molar-refractivity contribution in [3.8, 4) is 0 Å². The summed E-state index contributed by atoms with van der Waals surface area (Å²) in [5, 5.41) is 5.07. The van der Waals surface area contributed by atoms with E-state index in [0.29, 0.717) is 23.5 Å². The van der Waals surface area contributed by atoms with E-state index >= 15 is 0 Å². The first-order valence-corrected chi connectivity index (χ1v) is 10.0. The van der Waals surface area contributed by atoms with Gasteiger partial charge in [0.05, 0.1) is 4.90 Å². The SMILES string of the molecule is C=C(C1=CN(C)NC1)n1ccnc(Nc2ccc(S(=O)(=O)NC)cc2)c1=NC. The topological polar surface area (TPSA) is 104 Å². The van der Waals surface area contributed by atoms with Crippen LogP contribution < -0.4 is 21.0 Å². The molecule has 28 heavy (non-hydrogen) atoms. The van der Waals surface area contributed by atoms with Crippen LogP contribution in [0.5, 0.6) is 0 Å². The zero-order chi connectivity index (χ0) is 20.3. The number of hydrogen-bond donors (Lipinski definition) is 3. The Balaban J connectivity index is 1.92. The first-order valence-electron chi connectivity index (χ1n) is 8.53. The Labute approximate surface area is 164 Å². The molecule has 0 radical (unpaired) electrons. The molecule has 2 aromatic rings. The molecule has 0 fully saturated rings. The average molecular weight is 401 g/mol. The summed E-state index contributed by atoms with van der Waals surface area (Å²) in [4.78, 5) is 8.92. The van der Waals surface area contributed by atoms with Gasteiger partial charge < -0.3 is 10.3 Å². The van der Waals surface area contributed by atoms with Crippen LogP contribution in [0.3, 0.4) is 0 Å². The molecule has 1 aliphatic rings. The molecule has 1 aromatic carbocycles. The first kappa shape index (κ1) is 19.8. The quantitative estimate of drug-likeness (QED) is 0.664. The number of anilines is 2. The van der Waals surface area contributed by atoms with Gasteiger partial charge in [0.2, 0.25) is 10.0 Å². The lowest BCUT2D eigenvalue weighted by Gasteiger charge is -2.14. The van der Waals surface area contributed by atoms with E-state index in [2.05, 4.69) is 32.0 Å². The van der Waals surface area contributed by atoms with Crippen molar-refractivity contribution in [2.75, 3.05) is 33.0 Å². The van der Waals surface area contributed by atoms with Gasteiger partial charge >= 0.3 is 0 Å². The van der Waals surface area contributed by atoms with Crippen molar-refractivity contribution in [3.05, 3.63) is 60.5 Å². The minimum Gasteiger partial charge on any atom is -0.337 e. The zero-order valence-electron chi connectivity index (χ0n) is 16.0. The van der Waals surface area contributed by atoms with Gasteiger partial charge in [-0.15, -0.1) is 0 Å².